The van der Waals surface area contributed by atoms with Gasteiger partial charge in [0.15, 0.2) is 0 Å². The van der Waals surface area contributed by atoms with Crippen LogP contribution >= 0.6 is 23.2 Å². The highest BCUT2D eigenvalue weighted by atomic mass is 35.5. The molecule has 0 spiro atoms. The van der Waals surface area contributed by atoms with Crippen LogP contribution in [0.2, 0.25) is 10.0 Å². The van der Waals surface area contributed by atoms with Crippen LogP contribution in [-0.4, -0.2) is 25.1 Å². The highest BCUT2D eigenvalue weighted by Gasteiger charge is 2.17. The average molecular weight is 398 g/mol. The van der Waals surface area contributed by atoms with Gasteiger partial charge in [0.25, 0.3) is 0 Å². The van der Waals surface area contributed by atoms with Gasteiger partial charge in [0.1, 0.15) is 4.90 Å². The highest BCUT2D eigenvalue weighted by Crippen LogP contribution is 2.25. The third-order valence-electron chi connectivity index (χ3n) is 3.34. The summed E-state index contributed by atoms with van der Waals surface area (Å²) in [6, 6.07) is 13.3. The molecule has 25 heavy (non-hydrogen) atoms. The molecule has 6 nitrogen and oxygen atoms in total. The van der Waals surface area contributed by atoms with E-state index in [1.807, 2.05) is 6.07 Å². The number of sulfonamides is 1. The standard InChI is InChI=1S/C16H13Cl2N3O3S/c17-12-6-2-1-5-11(12)16-20-15(24-21-16)9-10-19-25(22,23)14-8-4-3-7-13(14)18/h1-8,19H,9-10H2. The number of benzene rings is 2. The zero-order chi connectivity index (χ0) is 17.9. The predicted octanol–water partition coefficient (Wildman–Crippen LogP) is 3.56. The lowest BCUT2D eigenvalue weighted by Crippen LogP contribution is -2.26. The summed E-state index contributed by atoms with van der Waals surface area (Å²) in [6.07, 6.45) is 0.237. The van der Waals surface area contributed by atoms with Crippen LogP contribution in [-0.2, 0) is 16.4 Å². The quantitative estimate of drug-likeness (QED) is 0.686. The van der Waals surface area contributed by atoms with Crippen LogP contribution in [0.4, 0.5) is 0 Å². The van der Waals surface area contributed by atoms with Crippen LogP contribution in [0.5, 0.6) is 0 Å². The van der Waals surface area contributed by atoms with E-state index >= 15 is 0 Å². The molecule has 0 saturated carbocycles. The van der Waals surface area contributed by atoms with Crippen LogP contribution in [0, 0.1) is 0 Å². The molecule has 0 unspecified atom stereocenters. The van der Waals surface area contributed by atoms with Crippen molar-refractivity contribution >= 4 is 33.2 Å². The largest absolute Gasteiger partial charge is 0.339 e. The fourth-order valence-corrected chi connectivity index (χ4v) is 3.91. The molecule has 0 aliphatic carbocycles. The molecule has 3 aromatic rings. The number of nitrogens with zero attached hydrogens (tertiary/aromatic N) is 2. The summed E-state index contributed by atoms with van der Waals surface area (Å²) in [6.45, 7) is 0.0950. The van der Waals surface area contributed by atoms with E-state index in [9.17, 15) is 8.42 Å². The molecule has 9 heteroatoms. The summed E-state index contributed by atoms with van der Waals surface area (Å²) < 4.78 is 32.1. The van der Waals surface area contributed by atoms with Gasteiger partial charge >= 0.3 is 0 Å². The first-order chi connectivity index (χ1) is 12.0. The molecule has 0 saturated heterocycles. The molecular formula is C16H13Cl2N3O3S. The molecule has 0 aliphatic rings. The van der Waals surface area contributed by atoms with E-state index in [0.717, 1.165) is 0 Å². The van der Waals surface area contributed by atoms with E-state index in [-0.39, 0.29) is 22.9 Å². The third-order valence-corrected chi connectivity index (χ3v) is 5.63. The molecule has 1 heterocycles. The maximum absolute atomic E-state index is 12.2. The summed E-state index contributed by atoms with van der Waals surface area (Å²) in [4.78, 5) is 4.25. The number of hydrogen-bond acceptors (Lipinski definition) is 5. The van der Waals surface area contributed by atoms with E-state index in [1.165, 1.54) is 12.1 Å². The monoisotopic (exact) mass is 397 g/mol. The summed E-state index contributed by atoms with van der Waals surface area (Å²) >= 11 is 12.0. The number of hydrogen-bond donors (Lipinski definition) is 1. The Labute approximate surface area is 154 Å². The molecule has 0 radical (unpaired) electrons. The van der Waals surface area contributed by atoms with Crippen molar-refractivity contribution in [2.24, 2.45) is 0 Å². The van der Waals surface area contributed by atoms with Crippen LogP contribution in [0.15, 0.2) is 57.9 Å². The Morgan fingerprint density at radius 2 is 1.68 bits per heavy atom. The van der Waals surface area contributed by atoms with Crippen molar-refractivity contribution in [2.45, 2.75) is 11.3 Å². The zero-order valence-electron chi connectivity index (χ0n) is 12.8. The first-order valence-corrected chi connectivity index (χ1v) is 9.53. The fourth-order valence-electron chi connectivity index (χ4n) is 2.14. The van der Waals surface area contributed by atoms with Gasteiger partial charge in [-0.1, -0.05) is 52.6 Å². The Morgan fingerprint density at radius 3 is 2.40 bits per heavy atom. The Kier molecular flexibility index (Phi) is 5.39. The van der Waals surface area contributed by atoms with E-state index in [4.69, 9.17) is 27.7 Å². The van der Waals surface area contributed by atoms with Gasteiger partial charge in [0, 0.05) is 18.5 Å². The van der Waals surface area contributed by atoms with Crippen molar-refractivity contribution < 1.29 is 12.9 Å². The van der Waals surface area contributed by atoms with Crippen LogP contribution in [0.25, 0.3) is 11.4 Å². The Balaban J connectivity index is 1.65. The maximum Gasteiger partial charge on any atom is 0.242 e. The molecule has 0 amide bonds. The Hall–Kier alpha value is -1.93. The van der Waals surface area contributed by atoms with Gasteiger partial charge in [-0.2, -0.15) is 4.98 Å². The van der Waals surface area contributed by atoms with E-state index in [2.05, 4.69) is 14.9 Å². The lowest BCUT2D eigenvalue weighted by Gasteiger charge is -2.06. The van der Waals surface area contributed by atoms with E-state index < -0.39 is 10.0 Å². The maximum atomic E-state index is 12.2. The second-order valence-electron chi connectivity index (χ2n) is 5.07. The van der Waals surface area contributed by atoms with Gasteiger partial charge in [-0.15, -0.1) is 0 Å². The van der Waals surface area contributed by atoms with Gasteiger partial charge < -0.3 is 4.52 Å². The zero-order valence-corrected chi connectivity index (χ0v) is 15.1. The Bertz CT molecular complexity index is 990. The molecule has 0 fully saturated rings. The average Bonchev–Trinajstić information content (AvgIpc) is 3.04. The minimum absolute atomic E-state index is 0.0268. The number of nitrogens with one attached hydrogen (secondary N) is 1. The summed E-state index contributed by atoms with van der Waals surface area (Å²) in [7, 11) is -3.71. The van der Waals surface area contributed by atoms with Crippen molar-refractivity contribution in [1.82, 2.24) is 14.9 Å². The van der Waals surface area contributed by atoms with Crippen molar-refractivity contribution in [1.29, 1.82) is 0 Å². The molecule has 1 aromatic heterocycles. The number of halogens is 2. The second kappa shape index (κ2) is 7.53. The topological polar surface area (TPSA) is 85.1 Å². The summed E-state index contributed by atoms with van der Waals surface area (Å²) in [5, 5.41) is 4.54. The summed E-state index contributed by atoms with van der Waals surface area (Å²) in [5.41, 5.74) is 0.649. The second-order valence-corrected chi connectivity index (χ2v) is 7.62. The van der Waals surface area contributed by atoms with Crippen molar-refractivity contribution in [3.05, 3.63) is 64.5 Å². The first kappa shape index (κ1) is 17.9. The SMILES string of the molecule is O=S(=O)(NCCc1nc(-c2ccccc2Cl)no1)c1ccccc1Cl. The number of rotatable bonds is 6. The van der Waals surface area contributed by atoms with Gasteiger partial charge in [-0.3, -0.25) is 0 Å². The molecule has 0 bridgehead atoms. The highest BCUT2D eigenvalue weighted by molar-refractivity contribution is 7.89. The molecule has 1 N–H and O–H groups in total. The Morgan fingerprint density at radius 1 is 1.00 bits per heavy atom. The number of aromatic nitrogens is 2. The molecule has 2 aromatic carbocycles. The van der Waals surface area contributed by atoms with E-state index in [1.54, 1.807) is 30.3 Å². The molecular weight excluding hydrogens is 385 g/mol. The normalized spacial score (nSPS) is 11.6. The molecule has 0 atom stereocenters. The fraction of sp³-hybridized carbons (Fsp3) is 0.125. The summed E-state index contributed by atoms with van der Waals surface area (Å²) in [5.74, 6) is 0.659. The molecule has 130 valence electrons. The van der Waals surface area contributed by atoms with Crippen LogP contribution in [0.1, 0.15) is 5.89 Å². The predicted molar refractivity (Wildman–Crippen MR) is 95.1 cm³/mol. The van der Waals surface area contributed by atoms with Gasteiger partial charge in [0.05, 0.1) is 10.0 Å². The van der Waals surface area contributed by atoms with Crippen LogP contribution in [0.3, 0.4) is 0 Å². The lowest BCUT2D eigenvalue weighted by molar-refractivity contribution is 0.379. The smallest absolute Gasteiger partial charge is 0.242 e. The molecule has 0 aliphatic heterocycles. The minimum Gasteiger partial charge on any atom is -0.339 e. The van der Waals surface area contributed by atoms with Gasteiger partial charge in [0.2, 0.25) is 21.7 Å². The minimum atomic E-state index is -3.71. The first-order valence-electron chi connectivity index (χ1n) is 7.29. The molecule has 3 rings (SSSR count). The van der Waals surface area contributed by atoms with Crippen molar-refractivity contribution in [3.63, 3.8) is 0 Å². The van der Waals surface area contributed by atoms with Gasteiger partial charge in [-0.05, 0) is 24.3 Å². The van der Waals surface area contributed by atoms with Crippen molar-refractivity contribution in [2.75, 3.05) is 6.54 Å². The van der Waals surface area contributed by atoms with Crippen LogP contribution < -0.4 is 4.72 Å². The lowest BCUT2D eigenvalue weighted by atomic mass is 10.2. The van der Waals surface area contributed by atoms with Gasteiger partial charge in [-0.25, -0.2) is 13.1 Å². The van der Waals surface area contributed by atoms with Crippen molar-refractivity contribution in [3.8, 4) is 11.4 Å². The van der Waals surface area contributed by atoms with E-state index in [0.29, 0.717) is 22.3 Å². The third kappa shape index (κ3) is 4.19.